The van der Waals surface area contributed by atoms with Gasteiger partial charge in [0.15, 0.2) is 11.5 Å². The van der Waals surface area contributed by atoms with E-state index in [4.69, 9.17) is 9.47 Å². The molecule has 1 aliphatic rings. The fourth-order valence-corrected chi connectivity index (χ4v) is 3.45. The van der Waals surface area contributed by atoms with Crippen molar-refractivity contribution in [2.24, 2.45) is 5.92 Å². The van der Waals surface area contributed by atoms with Crippen molar-refractivity contribution in [2.45, 2.75) is 38.5 Å². The minimum atomic E-state index is -1.06. The molecule has 6 heteroatoms. The monoisotopic (exact) mass is 445 g/mol. The number of nitrogens with one attached hydrogen (secondary N) is 1. The van der Waals surface area contributed by atoms with Crippen LogP contribution in [0.5, 0.6) is 11.5 Å². The molecule has 2 N–H and O–H groups in total. The maximum atomic E-state index is 12.1. The number of benzene rings is 3. The third-order valence-electron chi connectivity index (χ3n) is 5.49. The van der Waals surface area contributed by atoms with E-state index in [-0.39, 0.29) is 18.2 Å². The van der Waals surface area contributed by atoms with E-state index < -0.39 is 12.0 Å². The fraction of sp³-hybridized carbons (Fsp3) is 0.259. The van der Waals surface area contributed by atoms with E-state index in [1.165, 1.54) is 0 Å². The highest BCUT2D eigenvalue weighted by atomic mass is 16.5. The van der Waals surface area contributed by atoms with Crippen molar-refractivity contribution < 1.29 is 24.2 Å². The zero-order chi connectivity index (χ0) is 23.0. The van der Waals surface area contributed by atoms with E-state index in [0.717, 1.165) is 29.5 Å². The Balaban J connectivity index is 1.50. The second kappa shape index (κ2) is 10.7. The molecular weight excluding hydrogens is 418 g/mol. The summed E-state index contributed by atoms with van der Waals surface area (Å²) < 4.78 is 12.1. The van der Waals surface area contributed by atoms with Gasteiger partial charge in [-0.25, -0.2) is 4.79 Å². The van der Waals surface area contributed by atoms with Crippen LogP contribution in [0.25, 0.3) is 0 Å². The molecule has 4 rings (SSSR count). The molecule has 170 valence electrons. The number of aliphatic carboxylic acids is 1. The van der Waals surface area contributed by atoms with Gasteiger partial charge in [0.1, 0.15) is 19.3 Å². The Kier molecular flexibility index (Phi) is 7.25. The summed E-state index contributed by atoms with van der Waals surface area (Å²) in [4.78, 5) is 23.8. The topological polar surface area (TPSA) is 84.9 Å². The lowest BCUT2D eigenvalue weighted by Crippen LogP contribution is -2.43. The van der Waals surface area contributed by atoms with Gasteiger partial charge in [0.05, 0.1) is 0 Å². The molecule has 1 fully saturated rings. The predicted octanol–water partition coefficient (Wildman–Crippen LogP) is 4.37. The Hall–Kier alpha value is -3.80. The molecule has 0 saturated heterocycles. The number of amides is 1. The van der Waals surface area contributed by atoms with Crippen LogP contribution in [0, 0.1) is 5.92 Å². The molecule has 1 amide bonds. The van der Waals surface area contributed by atoms with Gasteiger partial charge in [-0.05, 0) is 41.7 Å². The number of ether oxygens (including phenoxy) is 2. The molecule has 0 bridgehead atoms. The second-order valence-corrected chi connectivity index (χ2v) is 8.21. The molecule has 1 atom stereocenters. The van der Waals surface area contributed by atoms with E-state index in [9.17, 15) is 14.7 Å². The first-order chi connectivity index (χ1) is 16.1. The molecule has 0 aromatic heterocycles. The fourth-order valence-electron chi connectivity index (χ4n) is 3.45. The zero-order valence-electron chi connectivity index (χ0n) is 18.3. The molecule has 0 aliphatic heterocycles. The summed E-state index contributed by atoms with van der Waals surface area (Å²) in [5.74, 6) is -0.186. The van der Waals surface area contributed by atoms with Gasteiger partial charge >= 0.3 is 5.97 Å². The van der Waals surface area contributed by atoms with Gasteiger partial charge in [-0.15, -0.1) is 0 Å². The molecule has 3 aromatic carbocycles. The van der Waals surface area contributed by atoms with Crippen LogP contribution < -0.4 is 14.8 Å². The molecule has 1 saturated carbocycles. The Labute approximate surface area is 193 Å². The van der Waals surface area contributed by atoms with Crippen molar-refractivity contribution in [1.82, 2.24) is 5.32 Å². The molecule has 0 spiro atoms. The Morgan fingerprint density at radius 2 is 1.39 bits per heavy atom. The van der Waals surface area contributed by atoms with Crippen molar-refractivity contribution in [1.29, 1.82) is 0 Å². The lowest BCUT2D eigenvalue weighted by molar-refractivity contribution is -0.142. The highest BCUT2D eigenvalue weighted by Gasteiger charge is 2.32. The molecule has 3 aromatic rings. The molecule has 0 unspecified atom stereocenters. The Morgan fingerprint density at radius 3 is 1.94 bits per heavy atom. The molecule has 0 heterocycles. The smallest absolute Gasteiger partial charge is 0.326 e. The molecular formula is C27H27NO5. The lowest BCUT2D eigenvalue weighted by atomic mass is 10.0. The van der Waals surface area contributed by atoms with E-state index in [1.54, 1.807) is 12.1 Å². The second-order valence-electron chi connectivity index (χ2n) is 8.21. The maximum Gasteiger partial charge on any atom is 0.326 e. The average Bonchev–Trinajstić information content (AvgIpc) is 3.68. The van der Waals surface area contributed by atoms with Gasteiger partial charge in [-0.2, -0.15) is 0 Å². The summed E-state index contributed by atoms with van der Waals surface area (Å²) in [7, 11) is 0. The number of carboxylic acids is 1. The summed E-state index contributed by atoms with van der Waals surface area (Å²) in [5.41, 5.74) is 2.79. The van der Waals surface area contributed by atoms with Gasteiger partial charge in [0.2, 0.25) is 5.91 Å². The van der Waals surface area contributed by atoms with E-state index in [2.05, 4.69) is 5.32 Å². The summed E-state index contributed by atoms with van der Waals surface area (Å²) in [6, 6.07) is 24.0. The summed E-state index contributed by atoms with van der Waals surface area (Å²) in [6.07, 6.45) is 1.81. The van der Waals surface area contributed by atoms with Crippen LogP contribution in [-0.4, -0.2) is 23.0 Å². The normalized spacial score (nSPS) is 13.7. The van der Waals surface area contributed by atoms with Crippen molar-refractivity contribution >= 4 is 11.9 Å². The summed E-state index contributed by atoms with van der Waals surface area (Å²) >= 11 is 0. The molecule has 6 nitrogen and oxygen atoms in total. The molecule has 33 heavy (non-hydrogen) atoms. The molecule has 1 aliphatic carbocycles. The van der Waals surface area contributed by atoms with E-state index in [1.807, 2.05) is 66.7 Å². The van der Waals surface area contributed by atoms with Crippen LogP contribution >= 0.6 is 0 Å². The van der Waals surface area contributed by atoms with Crippen LogP contribution in [0.15, 0.2) is 78.9 Å². The highest BCUT2D eigenvalue weighted by molar-refractivity contribution is 5.86. The minimum absolute atomic E-state index is 0.0506. The van der Waals surface area contributed by atoms with Gasteiger partial charge in [0.25, 0.3) is 0 Å². The Bertz CT molecular complexity index is 1080. The first-order valence-corrected chi connectivity index (χ1v) is 11.1. The van der Waals surface area contributed by atoms with Gasteiger partial charge in [0, 0.05) is 12.3 Å². The largest absolute Gasteiger partial charge is 0.485 e. The quantitative estimate of drug-likeness (QED) is 0.458. The predicted molar refractivity (Wildman–Crippen MR) is 124 cm³/mol. The zero-order valence-corrected chi connectivity index (χ0v) is 18.3. The molecule has 0 radical (unpaired) electrons. The van der Waals surface area contributed by atoms with Gasteiger partial charge in [-0.1, -0.05) is 66.7 Å². The standard InChI is InChI=1S/C27H27NO5/c29-26(22-12-13-22)28-23(27(30)31)15-21-11-14-24(32-17-19-7-3-1-4-8-19)25(16-21)33-18-20-9-5-2-6-10-20/h1-11,14,16,22-23H,12-13,15,17-18H2,(H,28,29)(H,30,31)/t23-/m1/s1. The third kappa shape index (κ3) is 6.59. The highest BCUT2D eigenvalue weighted by Crippen LogP contribution is 2.31. The first kappa shape index (κ1) is 22.4. The van der Waals surface area contributed by atoms with Crippen LogP contribution in [0.2, 0.25) is 0 Å². The number of rotatable bonds is 11. The SMILES string of the molecule is O=C(N[C@H](Cc1ccc(OCc2ccccc2)c(OCc2ccccc2)c1)C(=O)O)C1CC1. The number of carbonyl (C=O) groups excluding carboxylic acids is 1. The Morgan fingerprint density at radius 1 is 0.818 bits per heavy atom. The van der Waals surface area contributed by atoms with Crippen LogP contribution in [0.3, 0.4) is 0 Å². The third-order valence-corrected chi connectivity index (χ3v) is 5.49. The van der Waals surface area contributed by atoms with Crippen molar-refractivity contribution in [3.63, 3.8) is 0 Å². The number of hydrogen-bond acceptors (Lipinski definition) is 4. The number of carboxylic acid groups (broad SMARTS) is 1. The van der Waals surface area contributed by atoms with E-state index in [0.29, 0.717) is 24.7 Å². The number of hydrogen-bond donors (Lipinski definition) is 2. The van der Waals surface area contributed by atoms with Crippen LogP contribution in [-0.2, 0) is 29.2 Å². The summed E-state index contributed by atoms with van der Waals surface area (Å²) in [6.45, 7) is 0.740. The van der Waals surface area contributed by atoms with Crippen molar-refractivity contribution in [2.75, 3.05) is 0 Å². The van der Waals surface area contributed by atoms with Crippen molar-refractivity contribution in [3.05, 3.63) is 95.6 Å². The van der Waals surface area contributed by atoms with Crippen LogP contribution in [0.1, 0.15) is 29.5 Å². The van der Waals surface area contributed by atoms with Crippen molar-refractivity contribution in [3.8, 4) is 11.5 Å². The maximum absolute atomic E-state index is 12.1. The first-order valence-electron chi connectivity index (χ1n) is 11.1. The minimum Gasteiger partial charge on any atom is -0.485 e. The van der Waals surface area contributed by atoms with Gasteiger partial charge in [-0.3, -0.25) is 4.79 Å². The average molecular weight is 446 g/mol. The number of carbonyl (C=O) groups is 2. The lowest BCUT2D eigenvalue weighted by Gasteiger charge is -2.17. The van der Waals surface area contributed by atoms with Crippen LogP contribution in [0.4, 0.5) is 0 Å². The summed E-state index contributed by atoms with van der Waals surface area (Å²) in [5, 5.41) is 12.3. The van der Waals surface area contributed by atoms with E-state index >= 15 is 0 Å². The van der Waals surface area contributed by atoms with Gasteiger partial charge < -0.3 is 19.9 Å².